The van der Waals surface area contributed by atoms with Crippen LogP contribution in [0, 0.1) is 19.8 Å². The third-order valence-corrected chi connectivity index (χ3v) is 5.85. The molecule has 0 aliphatic heterocycles. The molecule has 0 spiro atoms. The number of aryl methyl sites for hydroxylation is 2. The zero-order chi connectivity index (χ0) is 22.4. The van der Waals surface area contributed by atoms with Crippen LogP contribution < -0.4 is 10.0 Å². The summed E-state index contributed by atoms with van der Waals surface area (Å²) >= 11 is 0. The van der Waals surface area contributed by atoms with E-state index in [1.165, 1.54) is 26.2 Å². The van der Waals surface area contributed by atoms with Crippen LogP contribution in [0.4, 0.5) is 0 Å². The molecule has 0 aliphatic carbocycles. The van der Waals surface area contributed by atoms with Crippen molar-refractivity contribution in [3.8, 4) is 0 Å². The first kappa shape index (κ1) is 24.6. The Kier molecular flexibility index (Phi) is 8.78. The summed E-state index contributed by atoms with van der Waals surface area (Å²) < 4.78 is 32.7. The number of carbonyl (C=O) groups is 3. The van der Waals surface area contributed by atoms with Gasteiger partial charge in [0.25, 0.3) is 5.91 Å². The van der Waals surface area contributed by atoms with Gasteiger partial charge in [-0.1, -0.05) is 19.9 Å². The maximum Gasteiger partial charge on any atom is 0.324 e. The highest BCUT2D eigenvalue weighted by atomic mass is 32.2. The Balaban J connectivity index is 2.83. The molecule has 0 aliphatic rings. The minimum Gasteiger partial charge on any atom is -0.454 e. The Morgan fingerprint density at radius 3 is 2.28 bits per heavy atom. The van der Waals surface area contributed by atoms with Gasteiger partial charge >= 0.3 is 5.97 Å². The first-order valence-electron chi connectivity index (χ1n) is 9.09. The first-order chi connectivity index (χ1) is 13.4. The van der Waals surface area contributed by atoms with Gasteiger partial charge in [0.05, 0.1) is 11.4 Å². The van der Waals surface area contributed by atoms with E-state index in [0.717, 1.165) is 16.0 Å². The Morgan fingerprint density at radius 1 is 1.14 bits per heavy atom. The molecule has 1 atom stereocenters. The van der Waals surface area contributed by atoms with Crippen LogP contribution in [0.15, 0.2) is 23.1 Å². The molecule has 29 heavy (non-hydrogen) atoms. The molecule has 162 valence electrons. The van der Waals surface area contributed by atoms with Crippen molar-refractivity contribution in [2.24, 2.45) is 5.92 Å². The fourth-order valence-electron chi connectivity index (χ4n) is 2.29. The Bertz CT molecular complexity index is 867. The van der Waals surface area contributed by atoms with Crippen molar-refractivity contribution < 1.29 is 27.5 Å². The van der Waals surface area contributed by atoms with E-state index in [9.17, 15) is 22.8 Å². The number of nitrogens with one attached hydrogen (secondary N) is 2. The molecule has 9 nitrogen and oxygen atoms in total. The van der Waals surface area contributed by atoms with Gasteiger partial charge in [0.1, 0.15) is 6.04 Å². The van der Waals surface area contributed by atoms with E-state index in [0.29, 0.717) is 0 Å². The largest absolute Gasteiger partial charge is 0.454 e. The highest BCUT2D eigenvalue weighted by Crippen LogP contribution is 2.16. The van der Waals surface area contributed by atoms with Crippen molar-refractivity contribution in [3.05, 3.63) is 29.3 Å². The minimum atomic E-state index is -3.96. The maximum absolute atomic E-state index is 12.7. The average molecular weight is 428 g/mol. The number of hydrogen-bond donors (Lipinski definition) is 2. The highest BCUT2D eigenvalue weighted by Gasteiger charge is 2.30. The zero-order valence-corrected chi connectivity index (χ0v) is 18.4. The normalized spacial score (nSPS) is 12.4. The van der Waals surface area contributed by atoms with Crippen LogP contribution in [-0.4, -0.2) is 64.4 Å². The minimum absolute atomic E-state index is 0.0421. The smallest absolute Gasteiger partial charge is 0.324 e. The molecular formula is C19H29N3O6S. The number of likely N-dealkylation sites (N-methyl/N-ethyl adjacent to an activating group) is 2. The number of carbonyl (C=O) groups excluding carboxylic acids is 3. The summed E-state index contributed by atoms with van der Waals surface area (Å²) in [5.41, 5.74) is 1.75. The van der Waals surface area contributed by atoms with Gasteiger partial charge in [-0.3, -0.25) is 14.4 Å². The number of esters is 1. The predicted molar refractivity (Wildman–Crippen MR) is 108 cm³/mol. The third kappa shape index (κ3) is 7.13. The summed E-state index contributed by atoms with van der Waals surface area (Å²) in [6.45, 7) is 6.21. The van der Waals surface area contributed by atoms with E-state index >= 15 is 0 Å². The molecule has 0 radical (unpaired) electrons. The van der Waals surface area contributed by atoms with Crippen molar-refractivity contribution in [1.82, 2.24) is 14.9 Å². The van der Waals surface area contributed by atoms with Crippen LogP contribution in [-0.2, 0) is 29.1 Å². The van der Waals surface area contributed by atoms with Gasteiger partial charge in [0.2, 0.25) is 15.9 Å². The Hall–Kier alpha value is -2.46. The van der Waals surface area contributed by atoms with Crippen LogP contribution in [0.5, 0.6) is 0 Å². The lowest BCUT2D eigenvalue weighted by atomic mass is 10.1. The molecular weight excluding hydrogens is 398 g/mol. The highest BCUT2D eigenvalue weighted by molar-refractivity contribution is 7.89. The lowest BCUT2D eigenvalue weighted by Crippen LogP contribution is -2.46. The summed E-state index contributed by atoms with van der Waals surface area (Å²) in [6.07, 6.45) is 0. The Morgan fingerprint density at radius 2 is 1.76 bits per heavy atom. The Labute approximate surface area is 171 Å². The van der Waals surface area contributed by atoms with Crippen molar-refractivity contribution in [2.75, 3.05) is 27.2 Å². The van der Waals surface area contributed by atoms with E-state index < -0.39 is 40.5 Å². The van der Waals surface area contributed by atoms with Crippen LogP contribution in [0.3, 0.4) is 0 Å². The zero-order valence-electron chi connectivity index (χ0n) is 17.6. The number of rotatable bonds is 9. The van der Waals surface area contributed by atoms with Crippen molar-refractivity contribution >= 4 is 27.8 Å². The SMILES string of the molecule is CNC(=O)CN(C)C(=O)COC(=O)[C@H](NS(=O)(=O)c1ccc(C)c(C)c1)C(C)C. The van der Waals surface area contributed by atoms with E-state index in [-0.39, 0.29) is 17.3 Å². The van der Waals surface area contributed by atoms with Gasteiger partial charge in [-0.05, 0) is 43.0 Å². The molecule has 10 heteroatoms. The summed E-state index contributed by atoms with van der Waals surface area (Å²) in [5, 5.41) is 2.38. The number of nitrogens with zero attached hydrogens (tertiary/aromatic N) is 1. The summed E-state index contributed by atoms with van der Waals surface area (Å²) in [5.74, 6) is -2.23. The summed E-state index contributed by atoms with van der Waals surface area (Å²) in [6, 6.07) is 3.51. The molecule has 2 amide bonds. The molecule has 0 fully saturated rings. The first-order valence-corrected chi connectivity index (χ1v) is 10.6. The van der Waals surface area contributed by atoms with E-state index in [1.54, 1.807) is 26.8 Å². The van der Waals surface area contributed by atoms with Crippen LogP contribution in [0.25, 0.3) is 0 Å². The van der Waals surface area contributed by atoms with Gasteiger partial charge < -0.3 is 15.0 Å². The van der Waals surface area contributed by atoms with Gasteiger partial charge in [-0.2, -0.15) is 4.72 Å². The number of benzene rings is 1. The molecule has 0 unspecified atom stereocenters. The van der Waals surface area contributed by atoms with Gasteiger partial charge in [-0.25, -0.2) is 8.42 Å². The number of amides is 2. The molecule has 0 aromatic heterocycles. The standard InChI is InChI=1S/C19H29N3O6S/c1-12(2)18(19(25)28-11-17(24)22(6)10-16(23)20-5)21-29(26,27)15-8-7-13(3)14(4)9-15/h7-9,12,18,21H,10-11H2,1-6H3,(H,20,23)/t18-/m1/s1. The fraction of sp³-hybridized carbons (Fsp3) is 0.526. The van der Waals surface area contributed by atoms with Crippen LogP contribution in [0.2, 0.25) is 0 Å². The summed E-state index contributed by atoms with van der Waals surface area (Å²) in [7, 11) is -1.13. The molecule has 1 aromatic carbocycles. The monoisotopic (exact) mass is 427 g/mol. The number of hydrogen-bond acceptors (Lipinski definition) is 6. The van der Waals surface area contributed by atoms with E-state index in [4.69, 9.17) is 4.74 Å². The van der Waals surface area contributed by atoms with Gasteiger partial charge in [0.15, 0.2) is 6.61 Å². The lowest BCUT2D eigenvalue weighted by Gasteiger charge is -2.22. The summed E-state index contributed by atoms with van der Waals surface area (Å²) in [4.78, 5) is 36.9. The second-order valence-electron chi connectivity index (χ2n) is 7.12. The van der Waals surface area contributed by atoms with Crippen LogP contribution >= 0.6 is 0 Å². The van der Waals surface area contributed by atoms with E-state index in [1.807, 2.05) is 6.92 Å². The lowest BCUT2D eigenvalue weighted by molar-refractivity contribution is -0.154. The molecule has 0 saturated heterocycles. The van der Waals surface area contributed by atoms with Gasteiger partial charge in [0, 0.05) is 14.1 Å². The topological polar surface area (TPSA) is 122 Å². The molecule has 0 bridgehead atoms. The number of sulfonamides is 1. The van der Waals surface area contributed by atoms with Crippen molar-refractivity contribution in [3.63, 3.8) is 0 Å². The van der Waals surface area contributed by atoms with Crippen LogP contribution in [0.1, 0.15) is 25.0 Å². The maximum atomic E-state index is 12.7. The number of ether oxygens (including phenoxy) is 1. The predicted octanol–water partition coefficient (Wildman–Crippen LogP) is 0.354. The molecule has 0 heterocycles. The van der Waals surface area contributed by atoms with Gasteiger partial charge in [-0.15, -0.1) is 0 Å². The average Bonchev–Trinajstić information content (AvgIpc) is 2.65. The molecule has 1 rings (SSSR count). The fourth-order valence-corrected chi connectivity index (χ4v) is 3.71. The van der Waals surface area contributed by atoms with E-state index in [2.05, 4.69) is 10.0 Å². The molecule has 1 aromatic rings. The van der Waals surface area contributed by atoms with Crippen molar-refractivity contribution in [2.45, 2.75) is 38.6 Å². The molecule has 0 saturated carbocycles. The quantitative estimate of drug-likeness (QED) is 0.549. The molecule has 2 N–H and O–H groups in total. The third-order valence-electron chi connectivity index (χ3n) is 4.41. The second kappa shape index (κ2) is 10.4. The second-order valence-corrected chi connectivity index (χ2v) is 8.83. The van der Waals surface area contributed by atoms with Crippen molar-refractivity contribution in [1.29, 1.82) is 0 Å².